The largest absolute Gasteiger partial charge is 0.508 e. The highest BCUT2D eigenvalue weighted by molar-refractivity contribution is 5.78. The zero-order chi connectivity index (χ0) is 33.6. The Morgan fingerprint density at radius 1 is 0.652 bits per heavy atom. The summed E-state index contributed by atoms with van der Waals surface area (Å²) in [5.41, 5.74) is 0. The van der Waals surface area contributed by atoms with Gasteiger partial charge in [-0.25, -0.2) is 4.79 Å². The second kappa shape index (κ2) is 22.8. The SMILES string of the molecule is C=C1OCC(COC(=O)CCC(=O)OCC(O)COCCCCCCOCC(O)COC(=O)CCC(=O)OCC2COC(=O)O2)O1. The lowest BCUT2D eigenvalue weighted by molar-refractivity contribution is -0.153. The number of aliphatic hydroxyl groups is 2. The van der Waals surface area contributed by atoms with Crippen LogP contribution in [0, 0.1) is 0 Å². The van der Waals surface area contributed by atoms with Crippen molar-refractivity contribution in [1.82, 2.24) is 0 Å². The Hall–Kier alpha value is -3.67. The van der Waals surface area contributed by atoms with Gasteiger partial charge in [-0.05, 0) is 19.4 Å². The van der Waals surface area contributed by atoms with Crippen LogP contribution in [0.4, 0.5) is 4.79 Å². The first-order valence-electron chi connectivity index (χ1n) is 15.1. The monoisotopic (exact) mass is 664 g/mol. The van der Waals surface area contributed by atoms with Crippen LogP contribution >= 0.6 is 0 Å². The van der Waals surface area contributed by atoms with E-state index in [2.05, 4.69) is 11.3 Å². The van der Waals surface area contributed by atoms with Crippen molar-refractivity contribution >= 4 is 30.0 Å². The Morgan fingerprint density at radius 3 is 1.50 bits per heavy atom. The molecule has 17 nitrogen and oxygen atoms in total. The minimum atomic E-state index is -1.01. The molecule has 2 aliphatic heterocycles. The van der Waals surface area contributed by atoms with Crippen LogP contribution in [0.15, 0.2) is 12.5 Å². The summed E-state index contributed by atoms with van der Waals surface area (Å²) >= 11 is 0. The van der Waals surface area contributed by atoms with E-state index in [1.165, 1.54) is 0 Å². The molecule has 2 fully saturated rings. The standard InChI is InChI=1S/C29H44O17/c1-20-39-16-23(45-20)17-42-27(34)8-6-25(32)40-14-21(30)12-37-10-4-2-3-5-11-38-13-22(31)15-41-26(33)7-9-28(35)43-18-24-19-44-29(36)46-24/h21-24,30-31H,1-19H2. The van der Waals surface area contributed by atoms with Crippen LogP contribution < -0.4 is 0 Å². The van der Waals surface area contributed by atoms with E-state index in [9.17, 15) is 34.2 Å². The normalized spacial score (nSPS) is 18.4. The molecule has 4 unspecified atom stereocenters. The number of ether oxygens (including phenoxy) is 10. The summed E-state index contributed by atoms with van der Waals surface area (Å²) in [6.45, 7) is 3.82. The highest BCUT2D eigenvalue weighted by atomic mass is 16.8. The molecule has 0 spiro atoms. The number of cyclic esters (lactones) is 2. The summed E-state index contributed by atoms with van der Waals surface area (Å²) in [6.07, 6.45) is -1.52. The van der Waals surface area contributed by atoms with Crippen LogP contribution in [0.2, 0.25) is 0 Å². The summed E-state index contributed by atoms with van der Waals surface area (Å²) < 4.78 is 50.0. The summed E-state index contributed by atoms with van der Waals surface area (Å²) in [5, 5.41) is 19.8. The number of carbonyl (C=O) groups excluding carboxylic acids is 5. The molecule has 2 rings (SSSR count). The fourth-order valence-corrected chi connectivity index (χ4v) is 3.71. The average molecular weight is 665 g/mol. The van der Waals surface area contributed by atoms with E-state index < -0.39 is 54.4 Å². The van der Waals surface area contributed by atoms with Gasteiger partial charge in [-0.3, -0.25) is 19.2 Å². The molecule has 2 heterocycles. The van der Waals surface area contributed by atoms with Crippen molar-refractivity contribution in [3.8, 4) is 0 Å². The Kier molecular flexibility index (Phi) is 19.1. The maximum atomic E-state index is 11.8. The Morgan fingerprint density at radius 2 is 1.09 bits per heavy atom. The maximum Gasteiger partial charge on any atom is 0.508 e. The molecule has 17 heteroatoms. The first kappa shape index (κ1) is 38.5. The molecule has 0 amide bonds. The predicted octanol–water partition coefficient (Wildman–Crippen LogP) is 0.457. The summed E-state index contributed by atoms with van der Waals surface area (Å²) in [6, 6.07) is 0. The third-order valence-corrected chi connectivity index (χ3v) is 6.13. The Labute approximate surface area is 266 Å². The van der Waals surface area contributed by atoms with Crippen molar-refractivity contribution in [1.29, 1.82) is 0 Å². The Balaban J connectivity index is 1.32. The molecule has 46 heavy (non-hydrogen) atoms. The molecule has 0 aromatic heterocycles. The van der Waals surface area contributed by atoms with E-state index in [0.717, 1.165) is 25.7 Å². The van der Waals surface area contributed by atoms with E-state index in [1.807, 2.05) is 0 Å². The molecule has 0 bridgehead atoms. The van der Waals surface area contributed by atoms with Gasteiger partial charge < -0.3 is 57.6 Å². The average Bonchev–Trinajstić information content (AvgIpc) is 3.66. The lowest BCUT2D eigenvalue weighted by atomic mass is 10.2. The second-order valence-corrected chi connectivity index (χ2v) is 10.3. The molecule has 0 saturated carbocycles. The number of aliphatic hydroxyl groups excluding tert-OH is 2. The van der Waals surface area contributed by atoms with Crippen molar-refractivity contribution in [3.63, 3.8) is 0 Å². The predicted molar refractivity (Wildman–Crippen MR) is 151 cm³/mol. The Bertz CT molecular complexity index is 893. The number of carbonyl (C=O) groups is 5. The van der Waals surface area contributed by atoms with Crippen LogP contribution in [0.5, 0.6) is 0 Å². The number of hydrogen-bond donors (Lipinski definition) is 2. The van der Waals surface area contributed by atoms with Gasteiger partial charge in [-0.15, -0.1) is 0 Å². The smallest absolute Gasteiger partial charge is 0.463 e. The number of rotatable bonds is 25. The minimum absolute atomic E-state index is 0.00341. The fourth-order valence-electron chi connectivity index (χ4n) is 3.71. The summed E-state index contributed by atoms with van der Waals surface area (Å²) in [7, 11) is 0. The molecule has 4 atom stereocenters. The molecule has 0 aromatic rings. The van der Waals surface area contributed by atoms with Crippen LogP contribution in [-0.2, 0) is 66.5 Å². The zero-order valence-corrected chi connectivity index (χ0v) is 25.8. The summed E-state index contributed by atoms with van der Waals surface area (Å²) in [4.78, 5) is 57.7. The van der Waals surface area contributed by atoms with Crippen molar-refractivity contribution in [3.05, 3.63) is 12.5 Å². The van der Waals surface area contributed by atoms with Crippen molar-refractivity contribution in [2.24, 2.45) is 0 Å². The van der Waals surface area contributed by atoms with E-state index in [0.29, 0.717) is 13.2 Å². The van der Waals surface area contributed by atoms with E-state index in [-0.39, 0.29) is 84.5 Å². The molecule has 2 N–H and O–H groups in total. The van der Waals surface area contributed by atoms with Crippen molar-refractivity contribution < 1.29 is 81.6 Å². The van der Waals surface area contributed by atoms with Crippen LogP contribution in [0.25, 0.3) is 0 Å². The van der Waals surface area contributed by atoms with Gasteiger partial charge in [0.05, 0.1) is 38.9 Å². The van der Waals surface area contributed by atoms with E-state index in [4.69, 9.17) is 42.6 Å². The molecule has 0 aliphatic carbocycles. The molecule has 2 saturated heterocycles. The quantitative estimate of drug-likeness (QED) is 0.0769. The third-order valence-electron chi connectivity index (χ3n) is 6.13. The zero-order valence-electron chi connectivity index (χ0n) is 25.8. The lowest BCUT2D eigenvalue weighted by Gasteiger charge is -2.13. The first-order valence-corrected chi connectivity index (χ1v) is 15.1. The second-order valence-electron chi connectivity index (χ2n) is 10.3. The molecule has 262 valence electrons. The third kappa shape index (κ3) is 19.0. The molecule has 2 aliphatic rings. The lowest BCUT2D eigenvalue weighted by Crippen LogP contribution is -2.25. The van der Waals surface area contributed by atoms with Gasteiger partial charge in [-0.2, -0.15) is 0 Å². The molecule has 0 radical (unpaired) electrons. The van der Waals surface area contributed by atoms with Gasteiger partial charge in [0, 0.05) is 13.2 Å². The van der Waals surface area contributed by atoms with Gasteiger partial charge in [0.1, 0.15) is 51.8 Å². The van der Waals surface area contributed by atoms with Gasteiger partial charge >= 0.3 is 30.0 Å². The van der Waals surface area contributed by atoms with Crippen LogP contribution in [0.1, 0.15) is 51.4 Å². The minimum Gasteiger partial charge on any atom is -0.463 e. The van der Waals surface area contributed by atoms with E-state index >= 15 is 0 Å². The van der Waals surface area contributed by atoms with Crippen molar-refractivity contribution in [2.45, 2.75) is 75.8 Å². The molecule has 0 aromatic carbocycles. The highest BCUT2D eigenvalue weighted by Gasteiger charge is 2.26. The first-order chi connectivity index (χ1) is 22.1. The molecular formula is C29H44O17. The fraction of sp³-hybridized carbons (Fsp3) is 0.759. The van der Waals surface area contributed by atoms with Gasteiger partial charge in [0.25, 0.3) is 5.95 Å². The number of hydrogen-bond acceptors (Lipinski definition) is 17. The van der Waals surface area contributed by atoms with Crippen molar-refractivity contribution in [2.75, 3.05) is 66.1 Å². The highest BCUT2D eigenvalue weighted by Crippen LogP contribution is 2.13. The number of esters is 4. The summed E-state index contributed by atoms with van der Waals surface area (Å²) in [5.74, 6) is -2.38. The van der Waals surface area contributed by atoms with Gasteiger partial charge in [0.15, 0.2) is 12.2 Å². The van der Waals surface area contributed by atoms with Gasteiger partial charge in [0.2, 0.25) is 0 Å². The number of unbranched alkanes of at least 4 members (excludes halogenated alkanes) is 3. The van der Waals surface area contributed by atoms with Crippen LogP contribution in [0.3, 0.4) is 0 Å². The van der Waals surface area contributed by atoms with E-state index in [1.54, 1.807) is 0 Å². The maximum absolute atomic E-state index is 11.8. The topological polar surface area (TPSA) is 218 Å². The van der Waals surface area contributed by atoms with Gasteiger partial charge in [-0.1, -0.05) is 12.8 Å². The molecular weight excluding hydrogens is 620 g/mol. The van der Waals surface area contributed by atoms with Crippen LogP contribution in [-0.4, -0.2) is 131 Å².